The summed E-state index contributed by atoms with van der Waals surface area (Å²) in [4.78, 5) is 27.4. The first-order valence-corrected chi connectivity index (χ1v) is 10.9. The molecule has 4 rings (SSSR count). The number of ether oxygens (including phenoxy) is 1. The molecular formula is C23H25NO4S. The average molecular weight is 412 g/mol. The number of allylic oxidation sites excluding steroid dienone is 3. The summed E-state index contributed by atoms with van der Waals surface area (Å²) in [5, 5.41) is 5.40. The maximum absolute atomic E-state index is 13.3. The minimum absolute atomic E-state index is 0.0597. The Balaban J connectivity index is 1.77. The minimum Gasteiger partial charge on any atom is -0.465 e. The molecule has 1 N–H and O–H groups in total. The monoisotopic (exact) mass is 411 g/mol. The number of hydrogen-bond donors (Lipinski definition) is 1. The van der Waals surface area contributed by atoms with Gasteiger partial charge in [0.1, 0.15) is 11.5 Å². The number of rotatable bonds is 5. The van der Waals surface area contributed by atoms with Crippen molar-refractivity contribution in [2.75, 3.05) is 6.61 Å². The number of aryl methyl sites for hydroxylation is 1. The van der Waals surface area contributed by atoms with Crippen molar-refractivity contribution in [2.45, 2.75) is 51.9 Å². The smallest absolute Gasteiger partial charge is 0.336 e. The van der Waals surface area contributed by atoms with Gasteiger partial charge in [-0.15, -0.1) is 11.3 Å². The van der Waals surface area contributed by atoms with Crippen LogP contribution < -0.4 is 5.32 Å². The van der Waals surface area contributed by atoms with Crippen LogP contribution in [0.25, 0.3) is 0 Å². The molecule has 3 heterocycles. The number of furan rings is 1. The number of thiophene rings is 1. The summed E-state index contributed by atoms with van der Waals surface area (Å²) < 4.78 is 11.3. The van der Waals surface area contributed by atoms with Gasteiger partial charge in [0.2, 0.25) is 0 Å². The van der Waals surface area contributed by atoms with Crippen molar-refractivity contribution in [3.05, 3.63) is 68.6 Å². The second kappa shape index (κ2) is 8.03. The Hall–Kier alpha value is -2.60. The topological polar surface area (TPSA) is 68.5 Å². The highest BCUT2D eigenvalue weighted by Gasteiger charge is 2.42. The highest BCUT2D eigenvalue weighted by molar-refractivity contribution is 7.10. The van der Waals surface area contributed by atoms with Gasteiger partial charge in [0, 0.05) is 34.2 Å². The number of ketones is 1. The van der Waals surface area contributed by atoms with Crippen LogP contribution in [0, 0.1) is 6.92 Å². The number of esters is 1. The Morgan fingerprint density at radius 3 is 2.76 bits per heavy atom. The molecule has 2 aliphatic rings. The van der Waals surface area contributed by atoms with E-state index in [4.69, 9.17) is 9.15 Å². The van der Waals surface area contributed by atoms with Crippen LogP contribution in [0.5, 0.6) is 0 Å². The number of nitrogens with one attached hydrogen (secondary N) is 1. The molecule has 0 unspecified atom stereocenters. The van der Waals surface area contributed by atoms with Gasteiger partial charge < -0.3 is 14.5 Å². The number of Topliss-reactive ketones (excluding diaryl/α,β-unsaturated/α-hetero) is 1. The van der Waals surface area contributed by atoms with E-state index in [1.165, 1.54) is 4.88 Å². The van der Waals surface area contributed by atoms with Gasteiger partial charge in [-0.25, -0.2) is 4.79 Å². The summed E-state index contributed by atoms with van der Waals surface area (Å²) in [6.07, 6.45) is 1.92. The van der Waals surface area contributed by atoms with Gasteiger partial charge >= 0.3 is 5.97 Å². The second-order valence-corrected chi connectivity index (χ2v) is 8.60. The summed E-state index contributed by atoms with van der Waals surface area (Å²) in [7, 11) is 0. The van der Waals surface area contributed by atoms with Gasteiger partial charge in [0.15, 0.2) is 5.78 Å². The first kappa shape index (κ1) is 19.7. The van der Waals surface area contributed by atoms with E-state index in [9.17, 15) is 9.59 Å². The van der Waals surface area contributed by atoms with Crippen molar-refractivity contribution in [2.24, 2.45) is 0 Å². The molecule has 0 bridgehead atoms. The zero-order valence-electron chi connectivity index (χ0n) is 16.9. The third kappa shape index (κ3) is 3.69. The van der Waals surface area contributed by atoms with Gasteiger partial charge in [-0.05, 0) is 50.3 Å². The molecule has 0 saturated carbocycles. The van der Waals surface area contributed by atoms with E-state index in [-0.39, 0.29) is 11.7 Å². The predicted octanol–water partition coefficient (Wildman–Crippen LogP) is 4.96. The van der Waals surface area contributed by atoms with Crippen LogP contribution >= 0.6 is 11.3 Å². The number of dihydropyridines is 1. The minimum atomic E-state index is -0.527. The lowest BCUT2D eigenvalue weighted by Crippen LogP contribution is -2.36. The molecule has 2 aromatic heterocycles. The molecule has 0 spiro atoms. The Morgan fingerprint density at radius 1 is 1.28 bits per heavy atom. The summed E-state index contributed by atoms with van der Waals surface area (Å²) in [6, 6.07) is 7.82. The van der Waals surface area contributed by atoms with Gasteiger partial charge in [-0.3, -0.25) is 4.79 Å². The summed E-state index contributed by atoms with van der Waals surface area (Å²) in [5.74, 6) is 0.664. The van der Waals surface area contributed by atoms with Crippen molar-refractivity contribution < 1.29 is 18.7 Å². The van der Waals surface area contributed by atoms with Crippen molar-refractivity contribution in [1.29, 1.82) is 0 Å². The third-order valence-electron chi connectivity index (χ3n) is 5.48. The normalized spacial score (nSPS) is 21.8. The lowest BCUT2D eigenvalue weighted by molar-refractivity contribution is -0.139. The van der Waals surface area contributed by atoms with E-state index in [1.807, 2.05) is 44.4 Å². The van der Waals surface area contributed by atoms with Gasteiger partial charge in [-0.1, -0.05) is 13.0 Å². The number of carbonyl (C=O) groups is 2. The molecule has 29 heavy (non-hydrogen) atoms. The van der Waals surface area contributed by atoms with Crippen LogP contribution in [0.2, 0.25) is 0 Å². The SMILES string of the molecule is CCCOC(=O)C1=C(C)NC2=C(C(=O)C[C@@H](c3cccs3)C2)[C@@H]1c1ccc(C)o1. The maximum atomic E-state index is 13.3. The Bertz CT molecular complexity index is 996. The van der Waals surface area contributed by atoms with Crippen molar-refractivity contribution in [1.82, 2.24) is 5.32 Å². The molecule has 0 radical (unpaired) electrons. The molecular weight excluding hydrogens is 386 g/mol. The van der Waals surface area contributed by atoms with Crippen LogP contribution in [-0.4, -0.2) is 18.4 Å². The standard InChI is InChI=1S/C23H25NO4S/c1-4-9-27-23(26)20-14(3)24-16-11-15(19-6-5-10-29-19)12-17(25)21(16)22(20)18-8-7-13(2)28-18/h5-8,10,15,22,24H,4,9,11-12H2,1-3H3/t15-,22+/m0/s1. The maximum Gasteiger partial charge on any atom is 0.336 e. The molecule has 0 saturated heterocycles. The molecule has 6 heteroatoms. The Labute approximate surface area is 174 Å². The first-order valence-electron chi connectivity index (χ1n) is 10.0. The van der Waals surface area contributed by atoms with Crippen LogP contribution in [0.3, 0.4) is 0 Å². The number of carbonyl (C=O) groups excluding carboxylic acids is 2. The third-order valence-corrected chi connectivity index (χ3v) is 6.51. The van der Waals surface area contributed by atoms with E-state index in [2.05, 4.69) is 11.4 Å². The summed E-state index contributed by atoms with van der Waals surface area (Å²) in [6.45, 7) is 6.03. The molecule has 0 fully saturated rings. The zero-order chi connectivity index (χ0) is 20.5. The van der Waals surface area contributed by atoms with Crippen molar-refractivity contribution in [3.8, 4) is 0 Å². The lowest BCUT2D eigenvalue weighted by atomic mass is 9.74. The van der Waals surface area contributed by atoms with Crippen LogP contribution in [-0.2, 0) is 14.3 Å². The van der Waals surface area contributed by atoms with Crippen LogP contribution in [0.15, 0.2) is 56.6 Å². The number of hydrogen-bond acceptors (Lipinski definition) is 6. The van der Waals surface area contributed by atoms with Gasteiger partial charge in [0.25, 0.3) is 0 Å². The second-order valence-electron chi connectivity index (χ2n) is 7.62. The van der Waals surface area contributed by atoms with Crippen LogP contribution in [0.1, 0.15) is 61.3 Å². The highest BCUT2D eigenvalue weighted by atomic mass is 32.1. The molecule has 5 nitrogen and oxygen atoms in total. The quantitative estimate of drug-likeness (QED) is 0.704. The van der Waals surface area contributed by atoms with E-state index >= 15 is 0 Å². The van der Waals surface area contributed by atoms with Crippen molar-refractivity contribution >= 4 is 23.1 Å². The van der Waals surface area contributed by atoms with E-state index in [0.29, 0.717) is 29.9 Å². The van der Waals surface area contributed by atoms with Crippen LogP contribution in [0.4, 0.5) is 0 Å². The molecule has 0 aromatic carbocycles. The lowest BCUT2D eigenvalue weighted by Gasteiger charge is -2.35. The largest absolute Gasteiger partial charge is 0.465 e. The molecule has 1 aliphatic heterocycles. The van der Waals surface area contributed by atoms with E-state index < -0.39 is 11.9 Å². The molecule has 0 amide bonds. The van der Waals surface area contributed by atoms with Gasteiger partial charge in [-0.2, -0.15) is 0 Å². The molecule has 2 atom stereocenters. The summed E-state index contributed by atoms with van der Waals surface area (Å²) in [5.41, 5.74) is 2.72. The summed E-state index contributed by atoms with van der Waals surface area (Å²) >= 11 is 1.68. The van der Waals surface area contributed by atoms with E-state index in [1.54, 1.807) is 11.3 Å². The highest BCUT2D eigenvalue weighted by Crippen LogP contribution is 2.46. The Kier molecular flexibility index (Phi) is 5.46. The fourth-order valence-electron chi connectivity index (χ4n) is 4.20. The molecule has 1 aliphatic carbocycles. The van der Waals surface area contributed by atoms with Crippen molar-refractivity contribution in [3.63, 3.8) is 0 Å². The zero-order valence-corrected chi connectivity index (χ0v) is 17.7. The molecule has 2 aromatic rings. The molecule has 152 valence electrons. The fourth-order valence-corrected chi connectivity index (χ4v) is 5.03. The Morgan fingerprint density at radius 2 is 2.10 bits per heavy atom. The average Bonchev–Trinajstić information content (AvgIpc) is 3.36. The fraction of sp³-hybridized carbons (Fsp3) is 0.391. The predicted molar refractivity (Wildman–Crippen MR) is 112 cm³/mol. The first-order chi connectivity index (χ1) is 14.0. The van der Waals surface area contributed by atoms with Gasteiger partial charge in [0.05, 0.1) is 18.1 Å². The van der Waals surface area contributed by atoms with E-state index in [0.717, 1.165) is 30.0 Å².